The Bertz CT molecular complexity index is 124. The molecule has 1 nitrogen and oxygen atoms in total. The van der Waals surface area contributed by atoms with Gasteiger partial charge in [0, 0.05) is 22.9 Å². The van der Waals surface area contributed by atoms with Crippen LogP contribution in [0.2, 0.25) is 0 Å². The van der Waals surface area contributed by atoms with Crippen LogP contribution in [0.25, 0.3) is 0 Å². The molecule has 0 aliphatic carbocycles. The van der Waals surface area contributed by atoms with Gasteiger partial charge in [0.05, 0.1) is 0 Å². The molecule has 10 heavy (non-hydrogen) atoms. The van der Waals surface area contributed by atoms with Crippen molar-refractivity contribution < 1.29 is 0 Å². The van der Waals surface area contributed by atoms with Gasteiger partial charge < -0.3 is 5.32 Å². The van der Waals surface area contributed by atoms with E-state index >= 15 is 0 Å². The molecule has 0 saturated carbocycles. The predicted octanol–water partition coefficient (Wildman–Crippen LogP) is 2.35. The van der Waals surface area contributed by atoms with Crippen molar-refractivity contribution in [1.29, 1.82) is 0 Å². The normalized spacial score (nSPS) is 19.0. The third-order valence-electron chi connectivity index (χ3n) is 1.73. The van der Waals surface area contributed by atoms with Gasteiger partial charge in [-0.25, -0.2) is 0 Å². The average Bonchev–Trinajstić information content (AvgIpc) is 2.04. The van der Waals surface area contributed by atoms with Gasteiger partial charge in [0.15, 0.2) is 0 Å². The first-order valence-corrected chi connectivity index (χ1v) is 4.95. The lowest BCUT2D eigenvalue weighted by molar-refractivity contribution is 0.788. The summed E-state index contributed by atoms with van der Waals surface area (Å²) >= 11 is 2.01. The van der Waals surface area contributed by atoms with Gasteiger partial charge in [0.25, 0.3) is 0 Å². The molecule has 0 aromatic rings. The molecule has 1 aliphatic rings. The van der Waals surface area contributed by atoms with Crippen molar-refractivity contribution in [2.45, 2.75) is 26.7 Å². The van der Waals surface area contributed by atoms with Gasteiger partial charge in [-0.05, 0) is 12.8 Å². The van der Waals surface area contributed by atoms with Gasteiger partial charge in [0.1, 0.15) is 0 Å². The molecule has 2 heteroatoms. The van der Waals surface area contributed by atoms with Crippen molar-refractivity contribution >= 4 is 11.8 Å². The first-order valence-electron chi connectivity index (χ1n) is 3.97. The molecule has 0 spiro atoms. The Labute approximate surface area is 67.3 Å². The van der Waals surface area contributed by atoms with Crippen LogP contribution in [0.4, 0.5) is 0 Å². The summed E-state index contributed by atoms with van der Waals surface area (Å²) in [6, 6.07) is 0. The van der Waals surface area contributed by atoms with Crippen molar-refractivity contribution in [3.05, 3.63) is 10.6 Å². The molecule has 58 valence electrons. The van der Waals surface area contributed by atoms with Gasteiger partial charge in [-0.1, -0.05) is 13.8 Å². The van der Waals surface area contributed by atoms with Crippen LogP contribution >= 0.6 is 11.8 Å². The molecular formula is C8H15NS. The summed E-state index contributed by atoms with van der Waals surface area (Å²) in [6.45, 7) is 5.59. The van der Waals surface area contributed by atoms with Crippen LogP contribution in [0, 0.1) is 0 Å². The van der Waals surface area contributed by atoms with E-state index in [0.717, 1.165) is 13.0 Å². The van der Waals surface area contributed by atoms with Crippen molar-refractivity contribution in [2.24, 2.45) is 0 Å². The first-order chi connectivity index (χ1) is 4.88. The van der Waals surface area contributed by atoms with E-state index in [1.807, 2.05) is 11.8 Å². The van der Waals surface area contributed by atoms with Gasteiger partial charge in [0.2, 0.25) is 0 Å². The van der Waals surface area contributed by atoms with E-state index in [9.17, 15) is 0 Å². The quantitative estimate of drug-likeness (QED) is 0.660. The third-order valence-corrected chi connectivity index (χ3v) is 3.02. The molecule has 0 bridgehead atoms. The summed E-state index contributed by atoms with van der Waals surface area (Å²) < 4.78 is 0. The molecular weight excluding hydrogens is 142 g/mol. The van der Waals surface area contributed by atoms with Crippen molar-refractivity contribution in [1.82, 2.24) is 5.32 Å². The minimum Gasteiger partial charge on any atom is -0.387 e. The van der Waals surface area contributed by atoms with Crippen molar-refractivity contribution in [3.63, 3.8) is 0 Å². The van der Waals surface area contributed by atoms with Crippen LogP contribution < -0.4 is 5.32 Å². The Morgan fingerprint density at radius 2 is 2.20 bits per heavy atom. The zero-order valence-electron chi connectivity index (χ0n) is 6.74. The van der Waals surface area contributed by atoms with E-state index in [-0.39, 0.29) is 0 Å². The molecule has 1 rings (SSSR count). The third kappa shape index (κ3) is 1.69. The maximum Gasteiger partial charge on any atom is 0.0238 e. The van der Waals surface area contributed by atoms with E-state index in [1.54, 1.807) is 4.91 Å². The number of nitrogens with one attached hydrogen (secondary N) is 1. The maximum absolute atomic E-state index is 3.43. The molecule has 0 fully saturated rings. The second-order valence-corrected chi connectivity index (χ2v) is 3.57. The fraction of sp³-hybridized carbons (Fsp3) is 0.750. The molecule has 1 heterocycles. The van der Waals surface area contributed by atoms with E-state index in [0.29, 0.717) is 0 Å². The largest absolute Gasteiger partial charge is 0.387 e. The molecule has 0 saturated heterocycles. The molecule has 0 aromatic carbocycles. The van der Waals surface area contributed by atoms with Crippen LogP contribution in [0.15, 0.2) is 10.6 Å². The average molecular weight is 157 g/mol. The lowest BCUT2D eigenvalue weighted by Crippen LogP contribution is -2.21. The second kappa shape index (κ2) is 3.91. The van der Waals surface area contributed by atoms with Crippen LogP contribution in [-0.2, 0) is 0 Å². The molecule has 1 N–H and O–H groups in total. The highest BCUT2D eigenvalue weighted by atomic mass is 32.2. The summed E-state index contributed by atoms with van der Waals surface area (Å²) in [6.07, 6.45) is 2.36. The van der Waals surface area contributed by atoms with Gasteiger partial charge in [-0.3, -0.25) is 0 Å². The molecule has 0 amide bonds. The summed E-state index contributed by atoms with van der Waals surface area (Å²) in [5.41, 5.74) is 1.47. The Balaban J connectivity index is 2.63. The fourth-order valence-corrected chi connectivity index (χ4v) is 2.24. The van der Waals surface area contributed by atoms with E-state index < -0.39 is 0 Å². The highest BCUT2D eigenvalue weighted by Gasteiger charge is 2.08. The highest BCUT2D eigenvalue weighted by molar-refractivity contribution is 8.03. The first kappa shape index (κ1) is 7.99. The molecule has 0 radical (unpaired) electrons. The summed E-state index contributed by atoms with van der Waals surface area (Å²) in [4.78, 5) is 1.56. The SMILES string of the molecule is CCC1=C(CC)SCCN1. The van der Waals surface area contributed by atoms with Crippen molar-refractivity contribution in [3.8, 4) is 0 Å². The van der Waals surface area contributed by atoms with Crippen LogP contribution in [-0.4, -0.2) is 12.3 Å². The minimum atomic E-state index is 1.15. The highest BCUT2D eigenvalue weighted by Crippen LogP contribution is 2.25. The van der Waals surface area contributed by atoms with Crippen LogP contribution in [0.5, 0.6) is 0 Å². The standard InChI is InChI=1S/C8H15NS/c1-3-7-8(4-2)10-6-5-9-7/h9H,3-6H2,1-2H3. The Hall–Kier alpha value is -0.110. The van der Waals surface area contributed by atoms with Gasteiger partial charge in [-0.2, -0.15) is 0 Å². The Morgan fingerprint density at radius 1 is 1.40 bits per heavy atom. The molecule has 1 aliphatic heterocycles. The molecule has 0 unspecified atom stereocenters. The topological polar surface area (TPSA) is 12.0 Å². The smallest absolute Gasteiger partial charge is 0.0238 e. The van der Waals surface area contributed by atoms with Crippen molar-refractivity contribution in [2.75, 3.05) is 12.3 Å². The maximum atomic E-state index is 3.43. The number of thioether (sulfide) groups is 1. The van der Waals surface area contributed by atoms with E-state index in [2.05, 4.69) is 19.2 Å². The minimum absolute atomic E-state index is 1.15. The zero-order chi connectivity index (χ0) is 7.40. The number of allylic oxidation sites excluding steroid dienone is 2. The lowest BCUT2D eigenvalue weighted by atomic mass is 10.2. The second-order valence-electron chi connectivity index (χ2n) is 2.38. The van der Waals surface area contributed by atoms with E-state index in [4.69, 9.17) is 0 Å². The molecule has 0 aromatic heterocycles. The number of hydrogen-bond acceptors (Lipinski definition) is 2. The van der Waals surface area contributed by atoms with E-state index in [1.165, 1.54) is 17.9 Å². The summed E-state index contributed by atoms with van der Waals surface area (Å²) in [7, 11) is 0. The zero-order valence-corrected chi connectivity index (χ0v) is 7.55. The van der Waals surface area contributed by atoms with Crippen LogP contribution in [0.3, 0.4) is 0 Å². The predicted molar refractivity (Wildman–Crippen MR) is 48.1 cm³/mol. The molecule has 0 atom stereocenters. The van der Waals surface area contributed by atoms with Gasteiger partial charge in [-0.15, -0.1) is 11.8 Å². The number of rotatable bonds is 2. The monoisotopic (exact) mass is 157 g/mol. The van der Waals surface area contributed by atoms with Crippen LogP contribution in [0.1, 0.15) is 26.7 Å². The summed E-state index contributed by atoms with van der Waals surface area (Å²) in [5, 5.41) is 3.43. The fourth-order valence-electron chi connectivity index (χ4n) is 1.20. The number of hydrogen-bond donors (Lipinski definition) is 1. The van der Waals surface area contributed by atoms with Gasteiger partial charge >= 0.3 is 0 Å². The Morgan fingerprint density at radius 3 is 2.70 bits per heavy atom. The summed E-state index contributed by atoms with van der Waals surface area (Å²) in [5.74, 6) is 1.24. The Kier molecular flexibility index (Phi) is 3.13. The lowest BCUT2D eigenvalue weighted by Gasteiger charge is -2.19.